The van der Waals surface area contributed by atoms with Gasteiger partial charge in [-0.15, -0.1) is 0 Å². The Hall–Kier alpha value is -2.89. The van der Waals surface area contributed by atoms with E-state index in [1.807, 2.05) is 0 Å². The van der Waals surface area contributed by atoms with Crippen LogP contribution in [-0.2, 0) is 13.1 Å². The maximum atomic E-state index is 13.1. The van der Waals surface area contributed by atoms with Gasteiger partial charge in [0.15, 0.2) is 0 Å². The van der Waals surface area contributed by atoms with Gasteiger partial charge < -0.3 is 19.3 Å². The molecular formula is C27H37F3N8O. The van der Waals surface area contributed by atoms with E-state index in [4.69, 9.17) is 4.98 Å². The maximum Gasteiger partial charge on any atom is 0.406 e. The zero-order valence-corrected chi connectivity index (χ0v) is 22.3. The molecule has 2 saturated heterocycles. The lowest BCUT2D eigenvalue weighted by Gasteiger charge is -2.36. The van der Waals surface area contributed by atoms with Gasteiger partial charge in [-0.25, -0.2) is 19.7 Å². The molecule has 1 aliphatic carbocycles. The molecule has 0 bridgehead atoms. The summed E-state index contributed by atoms with van der Waals surface area (Å²) in [4.78, 5) is 31.4. The Morgan fingerprint density at radius 2 is 1.67 bits per heavy atom. The molecule has 4 aliphatic rings. The molecule has 2 amide bonds. The molecular weight excluding hydrogens is 509 g/mol. The fourth-order valence-corrected chi connectivity index (χ4v) is 6.70. The number of amides is 2. The number of hydrogen-bond acceptors (Lipinski definition) is 6. The highest BCUT2D eigenvalue weighted by molar-refractivity contribution is 5.92. The van der Waals surface area contributed by atoms with E-state index in [-0.39, 0.29) is 6.54 Å². The van der Waals surface area contributed by atoms with E-state index in [0.29, 0.717) is 29.0 Å². The maximum absolute atomic E-state index is 13.1. The summed E-state index contributed by atoms with van der Waals surface area (Å²) in [7, 11) is 0. The second-order valence-corrected chi connectivity index (χ2v) is 11.4. The predicted octanol–water partition coefficient (Wildman–Crippen LogP) is 4.72. The molecule has 1 N–H and O–H groups in total. The first kappa shape index (κ1) is 26.3. The molecule has 3 fully saturated rings. The minimum absolute atomic E-state index is 0.164. The molecule has 2 aromatic rings. The third-order valence-electron chi connectivity index (χ3n) is 8.77. The summed E-state index contributed by atoms with van der Waals surface area (Å²) in [5, 5.41) is 2.51. The van der Waals surface area contributed by atoms with E-state index in [1.165, 1.54) is 69.5 Å². The first-order valence-electron chi connectivity index (χ1n) is 14.3. The molecule has 12 heteroatoms. The standard InChI is InChI=1S/C27H37F3N8O/c28-27(29,30)17-38-15-21-23(34-26(38)39)31-18-32-25(21)36-11-7-20(8-12-36)24-33-22(19-5-1-2-6-19)16-37(24)14-13-35-9-3-4-10-35/h16,18-20H,1-15,17H2,(H,31,32,34,39). The molecule has 5 heterocycles. The van der Waals surface area contributed by atoms with Crippen LogP contribution in [0.25, 0.3) is 0 Å². The number of rotatable bonds is 7. The van der Waals surface area contributed by atoms with Crippen LogP contribution in [0.1, 0.15) is 80.3 Å². The molecule has 212 valence electrons. The van der Waals surface area contributed by atoms with Gasteiger partial charge >= 0.3 is 12.2 Å². The molecule has 6 rings (SSSR count). The summed E-state index contributed by atoms with van der Waals surface area (Å²) in [6.45, 7) is 4.35. The number of alkyl halides is 3. The summed E-state index contributed by atoms with van der Waals surface area (Å²) in [5.74, 6) is 2.98. The highest BCUT2D eigenvalue weighted by Crippen LogP contribution is 2.37. The van der Waals surface area contributed by atoms with Crippen molar-refractivity contribution in [1.29, 1.82) is 0 Å². The van der Waals surface area contributed by atoms with E-state index >= 15 is 0 Å². The van der Waals surface area contributed by atoms with Crippen LogP contribution in [-0.4, -0.2) is 80.8 Å². The second-order valence-electron chi connectivity index (χ2n) is 11.4. The number of urea groups is 1. The van der Waals surface area contributed by atoms with Gasteiger partial charge in [0, 0.05) is 44.2 Å². The number of nitrogens with one attached hydrogen (secondary N) is 1. The average molecular weight is 547 g/mol. The summed E-state index contributed by atoms with van der Waals surface area (Å²) in [6, 6.07) is -0.790. The number of halogens is 3. The SMILES string of the molecule is O=C1Nc2ncnc(N3CCC(c4nc(C5CCCC5)cn4CCN4CCCC4)CC3)c2CN1CC(F)(F)F. The molecule has 0 unspecified atom stereocenters. The van der Waals surface area contributed by atoms with Crippen molar-refractivity contribution in [1.82, 2.24) is 29.3 Å². The zero-order valence-electron chi connectivity index (χ0n) is 22.3. The fourth-order valence-electron chi connectivity index (χ4n) is 6.70. The lowest BCUT2D eigenvalue weighted by atomic mass is 9.95. The van der Waals surface area contributed by atoms with Crippen LogP contribution in [0.15, 0.2) is 12.5 Å². The number of likely N-dealkylation sites (tertiary alicyclic amines) is 1. The van der Waals surface area contributed by atoms with Crippen LogP contribution in [0.4, 0.5) is 29.6 Å². The summed E-state index contributed by atoms with van der Waals surface area (Å²) in [6.07, 6.45) is 8.57. The van der Waals surface area contributed by atoms with Gasteiger partial charge in [0.05, 0.1) is 17.8 Å². The van der Waals surface area contributed by atoms with Gasteiger partial charge in [-0.05, 0) is 51.6 Å². The Labute approximate surface area is 226 Å². The number of piperidine rings is 1. The minimum atomic E-state index is -4.48. The summed E-state index contributed by atoms with van der Waals surface area (Å²) >= 11 is 0. The quantitative estimate of drug-likeness (QED) is 0.541. The van der Waals surface area contributed by atoms with Crippen LogP contribution in [0.3, 0.4) is 0 Å². The zero-order chi connectivity index (χ0) is 27.0. The summed E-state index contributed by atoms with van der Waals surface area (Å²) in [5.41, 5.74) is 1.78. The largest absolute Gasteiger partial charge is 0.406 e. The Kier molecular flexibility index (Phi) is 7.39. The fraction of sp³-hybridized carbons (Fsp3) is 0.704. The van der Waals surface area contributed by atoms with Gasteiger partial charge in [-0.1, -0.05) is 12.8 Å². The van der Waals surface area contributed by atoms with E-state index in [9.17, 15) is 18.0 Å². The van der Waals surface area contributed by atoms with Gasteiger partial charge in [-0.2, -0.15) is 13.2 Å². The monoisotopic (exact) mass is 546 g/mol. The molecule has 0 spiro atoms. The normalized spacial score (nSPS) is 21.6. The Morgan fingerprint density at radius 3 is 2.38 bits per heavy atom. The highest BCUT2D eigenvalue weighted by Gasteiger charge is 2.37. The van der Waals surface area contributed by atoms with Crippen LogP contribution in [0, 0.1) is 0 Å². The van der Waals surface area contributed by atoms with Crippen molar-refractivity contribution in [3.8, 4) is 0 Å². The van der Waals surface area contributed by atoms with Crippen molar-refractivity contribution < 1.29 is 18.0 Å². The number of fused-ring (bicyclic) bond motifs is 1. The van der Waals surface area contributed by atoms with Gasteiger partial charge in [0.2, 0.25) is 0 Å². The number of carbonyl (C=O) groups excluding carboxylic acids is 1. The molecule has 3 aliphatic heterocycles. The van der Waals surface area contributed by atoms with Crippen LogP contribution in [0.2, 0.25) is 0 Å². The second kappa shape index (κ2) is 10.9. The van der Waals surface area contributed by atoms with Crippen molar-refractivity contribution in [3.63, 3.8) is 0 Å². The number of aromatic nitrogens is 4. The number of imidazole rings is 1. The molecule has 9 nitrogen and oxygen atoms in total. The van der Waals surface area contributed by atoms with Gasteiger partial charge in [-0.3, -0.25) is 5.32 Å². The number of nitrogens with zero attached hydrogens (tertiary/aromatic N) is 7. The van der Waals surface area contributed by atoms with Gasteiger partial charge in [0.25, 0.3) is 0 Å². The summed E-state index contributed by atoms with van der Waals surface area (Å²) < 4.78 is 41.6. The highest BCUT2D eigenvalue weighted by atomic mass is 19.4. The minimum Gasteiger partial charge on any atom is -0.356 e. The number of carbonyl (C=O) groups is 1. The molecule has 0 atom stereocenters. The van der Waals surface area contributed by atoms with Crippen molar-refractivity contribution in [2.45, 2.75) is 82.5 Å². The van der Waals surface area contributed by atoms with Crippen molar-refractivity contribution >= 4 is 17.7 Å². The van der Waals surface area contributed by atoms with Crippen molar-refractivity contribution in [2.75, 3.05) is 49.5 Å². The first-order valence-corrected chi connectivity index (χ1v) is 14.3. The molecule has 0 radical (unpaired) electrons. The van der Waals surface area contributed by atoms with Crippen molar-refractivity contribution in [2.24, 2.45) is 0 Å². The Bertz CT molecular complexity index is 1160. The van der Waals surface area contributed by atoms with E-state index in [2.05, 4.69) is 35.8 Å². The average Bonchev–Trinajstić information content (AvgIpc) is 3.69. The predicted molar refractivity (Wildman–Crippen MR) is 141 cm³/mol. The first-order chi connectivity index (χ1) is 18.8. The van der Waals surface area contributed by atoms with E-state index in [1.54, 1.807) is 0 Å². The van der Waals surface area contributed by atoms with Crippen LogP contribution >= 0.6 is 0 Å². The molecule has 0 aromatic carbocycles. The van der Waals surface area contributed by atoms with Crippen LogP contribution in [0.5, 0.6) is 0 Å². The molecule has 1 saturated carbocycles. The van der Waals surface area contributed by atoms with Gasteiger partial charge in [0.1, 0.15) is 30.3 Å². The Morgan fingerprint density at radius 1 is 0.923 bits per heavy atom. The van der Waals surface area contributed by atoms with Crippen molar-refractivity contribution in [3.05, 3.63) is 29.6 Å². The molecule has 39 heavy (non-hydrogen) atoms. The lowest BCUT2D eigenvalue weighted by molar-refractivity contribution is -0.140. The third-order valence-corrected chi connectivity index (χ3v) is 8.77. The van der Waals surface area contributed by atoms with E-state index < -0.39 is 18.8 Å². The van der Waals surface area contributed by atoms with E-state index in [0.717, 1.165) is 43.9 Å². The number of anilines is 2. The lowest BCUT2D eigenvalue weighted by Crippen LogP contribution is -2.45. The third kappa shape index (κ3) is 5.85. The van der Waals surface area contributed by atoms with Crippen LogP contribution < -0.4 is 10.2 Å². The number of hydrogen-bond donors (Lipinski definition) is 1. The topological polar surface area (TPSA) is 82.4 Å². The smallest absolute Gasteiger partial charge is 0.356 e. The molecule has 2 aromatic heterocycles. The Balaban J connectivity index is 1.17.